The first-order valence-corrected chi connectivity index (χ1v) is 10.6. The molecule has 0 bridgehead atoms. The summed E-state index contributed by atoms with van der Waals surface area (Å²) in [5, 5.41) is 3.10. The SMILES string of the molecule is CCN(C)C(C(=O)Nc1cccc(CN2CCC(C(N)=O)CC2)c1)c1ccccc1. The number of nitrogens with one attached hydrogen (secondary N) is 1. The summed E-state index contributed by atoms with van der Waals surface area (Å²) in [5.74, 6) is -0.230. The summed E-state index contributed by atoms with van der Waals surface area (Å²) in [6.45, 7) is 5.34. The van der Waals surface area contributed by atoms with Crippen LogP contribution in [0, 0.1) is 5.92 Å². The van der Waals surface area contributed by atoms with Crippen molar-refractivity contribution in [3.63, 3.8) is 0 Å². The first-order chi connectivity index (χ1) is 14.5. The van der Waals surface area contributed by atoms with E-state index in [0.29, 0.717) is 0 Å². The lowest BCUT2D eigenvalue weighted by molar-refractivity contribution is -0.123. The summed E-state index contributed by atoms with van der Waals surface area (Å²) in [4.78, 5) is 28.8. The van der Waals surface area contributed by atoms with Gasteiger partial charge in [-0.1, -0.05) is 49.4 Å². The molecule has 2 aromatic carbocycles. The molecule has 3 rings (SSSR count). The van der Waals surface area contributed by atoms with Gasteiger partial charge < -0.3 is 11.1 Å². The van der Waals surface area contributed by atoms with Crippen molar-refractivity contribution in [1.29, 1.82) is 0 Å². The first kappa shape index (κ1) is 22.0. The molecule has 30 heavy (non-hydrogen) atoms. The van der Waals surface area contributed by atoms with E-state index in [1.54, 1.807) is 0 Å². The second-order valence-corrected chi connectivity index (χ2v) is 8.03. The molecule has 2 amide bonds. The van der Waals surface area contributed by atoms with Crippen LogP contribution in [0.5, 0.6) is 0 Å². The van der Waals surface area contributed by atoms with Crippen molar-refractivity contribution in [1.82, 2.24) is 9.80 Å². The molecule has 1 atom stereocenters. The Bertz CT molecular complexity index is 847. The largest absolute Gasteiger partial charge is 0.369 e. The van der Waals surface area contributed by atoms with Crippen LogP contribution in [0.4, 0.5) is 5.69 Å². The first-order valence-electron chi connectivity index (χ1n) is 10.6. The highest BCUT2D eigenvalue weighted by Crippen LogP contribution is 2.23. The summed E-state index contributed by atoms with van der Waals surface area (Å²) in [6.07, 6.45) is 1.63. The van der Waals surface area contributed by atoms with Crippen LogP contribution >= 0.6 is 0 Å². The zero-order valence-corrected chi connectivity index (χ0v) is 17.9. The van der Waals surface area contributed by atoms with Gasteiger partial charge in [0.15, 0.2) is 0 Å². The molecule has 0 spiro atoms. The van der Waals surface area contributed by atoms with Crippen LogP contribution in [-0.4, -0.2) is 48.3 Å². The maximum absolute atomic E-state index is 13.1. The Morgan fingerprint density at radius 1 is 1.13 bits per heavy atom. The zero-order valence-electron chi connectivity index (χ0n) is 17.9. The third kappa shape index (κ3) is 5.68. The summed E-state index contributed by atoms with van der Waals surface area (Å²) < 4.78 is 0. The molecule has 2 aromatic rings. The number of likely N-dealkylation sites (N-methyl/N-ethyl adjacent to an activating group) is 1. The van der Waals surface area contributed by atoms with E-state index >= 15 is 0 Å². The predicted molar refractivity (Wildman–Crippen MR) is 120 cm³/mol. The minimum atomic E-state index is -0.340. The molecule has 1 saturated heterocycles. The fourth-order valence-electron chi connectivity index (χ4n) is 4.02. The van der Waals surface area contributed by atoms with Crippen molar-refractivity contribution in [3.05, 3.63) is 65.7 Å². The highest BCUT2D eigenvalue weighted by Gasteiger charge is 2.25. The molecule has 3 N–H and O–H groups in total. The number of nitrogens with two attached hydrogens (primary N) is 1. The van der Waals surface area contributed by atoms with Crippen molar-refractivity contribution in [2.24, 2.45) is 11.7 Å². The van der Waals surface area contributed by atoms with Crippen molar-refractivity contribution < 1.29 is 9.59 Å². The Kier molecular flexibility index (Phi) is 7.60. The maximum atomic E-state index is 13.1. The highest BCUT2D eigenvalue weighted by molar-refractivity contribution is 5.95. The lowest BCUT2D eigenvalue weighted by Crippen LogP contribution is -2.38. The molecule has 6 heteroatoms. The smallest absolute Gasteiger partial charge is 0.246 e. The van der Waals surface area contributed by atoms with E-state index in [4.69, 9.17) is 5.73 Å². The number of nitrogens with zero attached hydrogens (tertiary/aromatic N) is 2. The second kappa shape index (κ2) is 10.4. The lowest BCUT2D eigenvalue weighted by atomic mass is 9.96. The van der Waals surface area contributed by atoms with Gasteiger partial charge in [-0.15, -0.1) is 0 Å². The molecule has 0 aliphatic carbocycles. The number of amides is 2. The molecule has 1 heterocycles. The van der Waals surface area contributed by atoms with Gasteiger partial charge in [0, 0.05) is 18.2 Å². The second-order valence-electron chi connectivity index (χ2n) is 8.03. The van der Waals surface area contributed by atoms with Gasteiger partial charge >= 0.3 is 0 Å². The zero-order chi connectivity index (χ0) is 21.5. The van der Waals surface area contributed by atoms with E-state index in [0.717, 1.165) is 55.8 Å². The lowest BCUT2D eigenvalue weighted by Gasteiger charge is -2.30. The van der Waals surface area contributed by atoms with Crippen LogP contribution in [0.25, 0.3) is 0 Å². The Labute approximate surface area is 179 Å². The van der Waals surface area contributed by atoms with Gasteiger partial charge in [-0.3, -0.25) is 19.4 Å². The molecule has 160 valence electrons. The van der Waals surface area contributed by atoms with Crippen molar-refractivity contribution in [3.8, 4) is 0 Å². The Balaban J connectivity index is 1.65. The van der Waals surface area contributed by atoms with Crippen molar-refractivity contribution >= 4 is 17.5 Å². The van der Waals surface area contributed by atoms with Gasteiger partial charge in [0.05, 0.1) is 0 Å². The van der Waals surface area contributed by atoms with Gasteiger partial charge in [0.25, 0.3) is 0 Å². The number of benzene rings is 2. The third-order valence-electron chi connectivity index (χ3n) is 5.89. The van der Waals surface area contributed by atoms with Crippen LogP contribution in [0.15, 0.2) is 54.6 Å². The fraction of sp³-hybridized carbons (Fsp3) is 0.417. The number of hydrogen-bond acceptors (Lipinski definition) is 4. The standard InChI is InChI=1S/C24H32N4O2/c1-3-27(2)22(19-9-5-4-6-10-19)24(30)26-21-11-7-8-18(16-21)17-28-14-12-20(13-15-28)23(25)29/h4-11,16,20,22H,3,12-15,17H2,1-2H3,(H2,25,29)(H,26,30). The molecule has 0 saturated carbocycles. The average Bonchev–Trinajstić information content (AvgIpc) is 2.75. The number of carbonyl (C=O) groups is 2. The Morgan fingerprint density at radius 2 is 1.83 bits per heavy atom. The number of rotatable bonds is 8. The molecule has 1 aliphatic rings. The molecule has 0 radical (unpaired) electrons. The van der Waals surface area contributed by atoms with E-state index in [-0.39, 0.29) is 23.8 Å². The van der Waals surface area contributed by atoms with Crippen molar-refractivity contribution in [2.75, 3.05) is 32.0 Å². The van der Waals surface area contributed by atoms with E-state index in [1.165, 1.54) is 0 Å². The van der Waals surface area contributed by atoms with Crippen LogP contribution in [-0.2, 0) is 16.1 Å². The van der Waals surface area contributed by atoms with E-state index < -0.39 is 0 Å². The van der Waals surface area contributed by atoms with Gasteiger partial charge in [-0.25, -0.2) is 0 Å². The van der Waals surface area contributed by atoms with Gasteiger partial charge in [0.2, 0.25) is 11.8 Å². The van der Waals surface area contributed by atoms with Crippen molar-refractivity contribution in [2.45, 2.75) is 32.4 Å². The van der Waals surface area contributed by atoms with E-state index in [2.05, 4.69) is 16.3 Å². The molecule has 1 unspecified atom stereocenters. The minimum Gasteiger partial charge on any atom is -0.369 e. The minimum absolute atomic E-state index is 0.00246. The molecule has 1 fully saturated rings. The summed E-state index contributed by atoms with van der Waals surface area (Å²) in [6, 6.07) is 17.5. The quantitative estimate of drug-likeness (QED) is 0.704. The average molecular weight is 409 g/mol. The topological polar surface area (TPSA) is 78.7 Å². The van der Waals surface area contributed by atoms with Gasteiger partial charge in [-0.05, 0) is 62.8 Å². The maximum Gasteiger partial charge on any atom is 0.246 e. The molecule has 0 aromatic heterocycles. The summed E-state index contributed by atoms with van der Waals surface area (Å²) in [7, 11) is 1.96. The van der Waals surface area contributed by atoms with Gasteiger partial charge in [0.1, 0.15) is 6.04 Å². The number of likely N-dealkylation sites (tertiary alicyclic amines) is 1. The normalized spacial score (nSPS) is 16.4. The van der Waals surface area contributed by atoms with E-state index in [1.807, 2.05) is 67.4 Å². The number of carbonyl (C=O) groups excluding carboxylic acids is 2. The van der Waals surface area contributed by atoms with Crippen LogP contribution in [0.3, 0.4) is 0 Å². The summed E-state index contributed by atoms with van der Waals surface area (Å²) in [5.41, 5.74) is 8.35. The van der Waals surface area contributed by atoms with Crippen LogP contribution in [0.2, 0.25) is 0 Å². The summed E-state index contributed by atoms with van der Waals surface area (Å²) >= 11 is 0. The highest BCUT2D eigenvalue weighted by atomic mass is 16.2. The Hall–Kier alpha value is -2.70. The third-order valence-corrected chi connectivity index (χ3v) is 5.89. The molecular weight excluding hydrogens is 376 g/mol. The van der Waals surface area contributed by atoms with Gasteiger partial charge in [-0.2, -0.15) is 0 Å². The fourth-order valence-corrected chi connectivity index (χ4v) is 4.02. The number of hydrogen-bond donors (Lipinski definition) is 2. The number of primary amides is 1. The number of anilines is 1. The molecular formula is C24H32N4O2. The molecule has 1 aliphatic heterocycles. The van der Waals surface area contributed by atoms with Crippen LogP contribution < -0.4 is 11.1 Å². The monoisotopic (exact) mass is 408 g/mol. The van der Waals surface area contributed by atoms with E-state index in [9.17, 15) is 9.59 Å². The van der Waals surface area contributed by atoms with Crippen LogP contribution in [0.1, 0.15) is 36.9 Å². The number of piperidine rings is 1. The molecule has 6 nitrogen and oxygen atoms in total. The predicted octanol–water partition coefficient (Wildman–Crippen LogP) is 3.02. The Morgan fingerprint density at radius 3 is 2.47 bits per heavy atom.